The van der Waals surface area contributed by atoms with Crippen molar-refractivity contribution in [2.45, 2.75) is 13.3 Å². The number of likely N-dealkylation sites (N-methyl/N-ethyl adjacent to an activating group) is 1. The molecule has 0 radical (unpaired) electrons. The van der Waals surface area contributed by atoms with Gasteiger partial charge in [0.2, 0.25) is 0 Å². The third kappa shape index (κ3) is 5.05. The number of hydrogen-bond acceptors (Lipinski definition) is 2. The van der Waals surface area contributed by atoms with E-state index in [0.717, 1.165) is 30.3 Å². The summed E-state index contributed by atoms with van der Waals surface area (Å²) in [6.07, 6.45) is 1.21. The number of nitrogens with zero attached hydrogens (tertiary/aromatic N) is 1. The minimum absolute atomic E-state index is 0.781. The SMILES string of the molecule is CCCN(C)CCNc1ccc(Cl)cc1. The van der Waals surface area contributed by atoms with E-state index in [9.17, 15) is 0 Å². The monoisotopic (exact) mass is 226 g/mol. The summed E-state index contributed by atoms with van der Waals surface area (Å²) in [5.74, 6) is 0. The minimum atomic E-state index is 0.781. The fraction of sp³-hybridized carbons (Fsp3) is 0.500. The summed E-state index contributed by atoms with van der Waals surface area (Å²) in [4.78, 5) is 2.32. The first-order valence-electron chi connectivity index (χ1n) is 5.40. The third-order valence-corrected chi connectivity index (χ3v) is 2.52. The van der Waals surface area contributed by atoms with Crippen LogP contribution in [-0.4, -0.2) is 31.6 Å². The maximum Gasteiger partial charge on any atom is 0.0407 e. The van der Waals surface area contributed by atoms with Gasteiger partial charge in [0.25, 0.3) is 0 Å². The van der Waals surface area contributed by atoms with Gasteiger partial charge in [-0.05, 0) is 44.3 Å². The van der Waals surface area contributed by atoms with Crippen LogP contribution in [0.1, 0.15) is 13.3 Å². The van der Waals surface area contributed by atoms with E-state index in [-0.39, 0.29) is 0 Å². The molecule has 0 saturated heterocycles. The summed E-state index contributed by atoms with van der Waals surface area (Å²) >= 11 is 5.80. The van der Waals surface area contributed by atoms with Crippen molar-refractivity contribution >= 4 is 17.3 Å². The van der Waals surface area contributed by atoms with Crippen LogP contribution in [0.3, 0.4) is 0 Å². The van der Waals surface area contributed by atoms with Crippen LogP contribution in [0, 0.1) is 0 Å². The zero-order chi connectivity index (χ0) is 11.1. The molecule has 1 N–H and O–H groups in total. The van der Waals surface area contributed by atoms with Gasteiger partial charge in [-0.1, -0.05) is 18.5 Å². The molecule has 0 atom stereocenters. The van der Waals surface area contributed by atoms with E-state index in [4.69, 9.17) is 11.6 Å². The molecular weight excluding hydrogens is 208 g/mol. The zero-order valence-electron chi connectivity index (χ0n) is 9.46. The lowest BCUT2D eigenvalue weighted by Crippen LogP contribution is -2.25. The predicted molar refractivity (Wildman–Crippen MR) is 67.7 cm³/mol. The maximum atomic E-state index is 5.80. The highest BCUT2D eigenvalue weighted by Gasteiger charge is 1.96. The Labute approximate surface area is 97.2 Å². The molecule has 2 nitrogen and oxygen atoms in total. The van der Waals surface area contributed by atoms with Crippen molar-refractivity contribution in [3.63, 3.8) is 0 Å². The number of halogens is 1. The lowest BCUT2D eigenvalue weighted by molar-refractivity contribution is 0.348. The van der Waals surface area contributed by atoms with Crippen LogP contribution in [0.5, 0.6) is 0 Å². The Morgan fingerprint density at radius 3 is 2.47 bits per heavy atom. The summed E-state index contributed by atoms with van der Waals surface area (Å²) in [6, 6.07) is 7.81. The van der Waals surface area contributed by atoms with E-state index in [2.05, 4.69) is 24.2 Å². The average Bonchev–Trinajstić information content (AvgIpc) is 2.21. The van der Waals surface area contributed by atoms with Gasteiger partial charge in [-0.3, -0.25) is 0 Å². The van der Waals surface area contributed by atoms with E-state index in [1.165, 1.54) is 6.42 Å². The molecule has 0 heterocycles. The molecule has 0 unspecified atom stereocenters. The van der Waals surface area contributed by atoms with Gasteiger partial charge < -0.3 is 10.2 Å². The molecule has 0 spiro atoms. The van der Waals surface area contributed by atoms with Crippen LogP contribution >= 0.6 is 11.6 Å². The second-order valence-corrected chi connectivity index (χ2v) is 4.17. The number of anilines is 1. The number of nitrogens with one attached hydrogen (secondary N) is 1. The van der Waals surface area contributed by atoms with Crippen LogP contribution < -0.4 is 5.32 Å². The molecule has 3 heteroatoms. The molecule has 0 bridgehead atoms. The Hall–Kier alpha value is -0.730. The van der Waals surface area contributed by atoms with Crippen LogP contribution in [0.15, 0.2) is 24.3 Å². The lowest BCUT2D eigenvalue weighted by atomic mass is 10.3. The van der Waals surface area contributed by atoms with Crippen LogP contribution in [0.2, 0.25) is 5.02 Å². The number of rotatable bonds is 6. The first-order valence-corrected chi connectivity index (χ1v) is 5.78. The second-order valence-electron chi connectivity index (χ2n) is 3.74. The van der Waals surface area contributed by atoms with Gasteiger partial charge in [0, 0.05) is 23.8 Å². The van der Waals surface area contributed by atoms with Crippen molar-refractivity contribution in [1.82, 2.24) is 4.90 Å². The topological polar surface area (TPSA) is 15.3 Å². The van der Waals surface area contributed by atoms with Gasteiger partial charge in [0.15, 0.2) is 0 Å². The van der Waals surface area contributed by atoms with E-state index >= 15 is 0 Å². The molecule has 0 fully saturated rings. The highest BCUT2D eigenvalue weighted by atomic mass is 35.5. The Bertz CT molecular complexity index is 271. The minimum Gasteiger partial charge on any atom is -0.384 e. The normalized spacial score (nSPS) is 10.7. The van der Waals surface area contributed by atoms with Crippen molar-refractivity contribution in [1.29, 1.82) is 0 Å². The predicted octanol–water partition coefficient (Wildman–Crippen LogP) is 3.09. The number of hydrogen-bond donors (Lipinski definition) is 1. The van der Waals surface area contributed by atoms with Gasteiger partial charge in [0.1, 0.15) is 0 Å². The van der Waals surface area contributed by atoms with Crippen molar-refractivity contribution in [2.75, 3.05) is 32.0 Å². The first kappa shape index (κ1) is 12.3. The van der Waals surface area contributed by atoms with Gasteiger partial charge in [-0.15, -0.1) is 0 Å². The Balaban J connectivity index is 2.22. The Kier molecular flexibility index (Phi) is 5.51. The molecule has 1 aromatic rings. The van der Waals surface area contributed by atoms with Crippen molar-refractivity contribution in [3.05, 3.63) is 29.3 Å². The van der Waals surface area contributed by atoms with E-state index in [1.54, 1.807) is 0 Å². The highest BCUT2D eigenvalue weighted by molar-refractivity contribution is 6.30. The van der Waals surface area contributed by atoms with Crippen LogP contribution in [-0.2, 0) is 0 Å². The van der Waals surface area contributed by atoms with Crippen LogP contribution in [0.25, 0.3) is 0 Å². The van der Waals surface area contributed by atoms with Crippen LogP contribution in [0.4, 0.5) is 5.69 Å². The van der Waals surface area contributed by atoms with Crippen molar-refractivity contribution in [2.24, 2.45) is 0 Å². The molecule has 0 aliphatic rings. The smallest absolute Gasteiger partial charge is 0.0407 e. The maximum absolute atomic E-state index is 5.80. The van der Waals surface area contributed by atoms with E-state index < -0.39 is 0 Å². The largest absolute Gasteiger partial charge is 0.384 e. The summed E-state index contributed by atoms with van der Waals surface area (Å²) < 4.78 is 0. The van der Waals surface area contributed by atoms with E-state index in [1.807, 2.05) is 24.3 Å². The highest BCUT2D eigenvalue weighted by Crippen LogP contribution is 2.12. The Morgan fingerprint density at radius 1 is 1.20 bits per heavy atom. The van der Waals surface area contributed by atoms with E-state index in [0.29, 0.717) is 0 Å². The summed E-state index contributed by atoms with van der Waals surface area (Å²) in [5.41, 5.74) is 1.13. The van der Waals surface area contributed by atoms with Gasteiger partial charge in [-0.25, -0.2) is 0 Å². The van der Waals surface area contributed by atoms with Gasteiger partial charge in [0.05, 0.1) is 0 Å². The second kappa shape index (κ2) is 6.70. The molecule has 1 rings (SSSR count). The molecule has 0 amide bonds. The fourth-order valence-electron chi connectivity index (χ4n) is 1.45. The zero-order valence-corrected chi connectivity index (χ0v) is 10.2. The van der Waals surface area contributed by atoms with Crippen molar-refractivity contribution < 1.29 is 0 Å². The molecule has 15 heavy (non-hydrogen) atoms. The molecule has 84 valence electrons. The molecule has 0 saturated carbocycles. The first-order chi connectivity index (χ1) is 7.22. The molecule has 0 aliphatic carbocycles. The fourth-order valence-corrected chi connectivity index (χ4v) is 1.58. The Morgan fingerprint density at radius 2 is 1.87 bits per heavy atom. The number of benzene rings is 1. The molecule has 0 aromatic heterocycles. The summed E-state index contributed by atoms with van der Waals surface area (Å²) in [6.45, 7) is 5.39. The van der Waals surface area contributed by atoms with Gasteiger partial charge >= 0.3 is 0 Å². The average molecular weight is 227 g/mol. The quantitative estimate of drug-likeness (QED) is 0.802. The summed E-state index contributed by atoms with van der Waals surface area (Å²) in [5, 5.41) is 4.14. The van der Waals surface area contributed by atoms with Crippen molar-refractivity contribution in [3.8, 4) is 0 Å². The third-order valence-electron chi connectivity index (χ3n) is 2.27. The summed E-state index contributed by atoms with van der Waals surface area (Å²) in [7, 11) is 2.15. The molecule has 1 aromatic carbocycles. The standard InChI is InChI=1S/C12H19ClN2/c1-3-9-15(2)10-8-14-12-6-4-11(13)5-7-12/h4-7,14H,3,8-10H2,1-2H3. The molecule has 0 aliphatic heterocycles. The van der Waals surface area contributed by atoms with Gasteiger partial charge in [-0.2, -0.15) is 0 Å². The lowest BCUT2D eigenvalue weighted by Gasteiger charge is -2.16. The molecular formula is C12H19ClN2.